The lowest BCUT2D eigenvalue weighted by molar-refractivity contribution is 0.0184. The number of hydrogen-bond acceptors (Lipinski definition) is 6. The smallest absolute Gasteiger partial charge is 0.410 e. The number of aromatic carboxylic acids is 1. The van der Waals surface area contributed by atoms with Crippen LogP contribution in [0.25, 0.3) is 11.1 Å². The van der Waals surface area contributed by atoms with Gasteiger partial charge in [0.05, 0.1) is 17.6 Å². The second kappa shape index (κ2) is 11.5. The molecule has 214 valence electrons. The minimum Gasteiger partial charge on any atom is -0.491 e. The molecule has 0 unspecified atom stereocenters. The highest BCUT2D eigenvalue weighted by molar-refractivity contribution is 5.87. The summed E-state index contributed by atoms with van der Waals surface area (Å²) in [4.78, 5) is 38.6. The van der Waals surface area contributed by atoms with Crippen molar-refractivity contribution in [2.24, 2.45) is 0 Å². The molecule has 0 bridgehead atoms. The van der Waals surface area contributed by atoms with E-state index >= 15 is 0 Å². The Morgan fingerprint density at radius 3 is 2.10 bits per heavy atom. The normalized spacial score (nSPS) is 17.9. The molecule has 5 rings (SSSR count). The van der Waals surface area contributed by atoms with E-state index in [1.165, 1.54) is 12.1 Å². The first kappa shape index (κ1) is 28.0. The van der Waals surface area contributed by atoms with E-state index in [0.717, 1.165) is 22.3 Å². The summed E-state index contributed by atoms with van der Waals surface area (Å²) in [5, 5.41) is 12.0. The predicted molar refractivity (Wildman–Crippen MR) is 152 cm³/mol. The van der Waals surface area contributed by atoms with Crippen molar-refractivity contribution in [3.63, 3.8) is 0 Å². The lowest BCUT2D eigenvalue weighted by Gasteiger charge is -2.28. The standard InChI is InChI=1S/C32H34N2O7/c1-32(2,3)41-31(38)34-17-21(16-22(34)18-39-23-14-12-20(13-15-23)29(35)36)33-30(37)40-19-28-26-10-6-4-8-24(26)25-9-5-7-11-27(25)28/h4-15,21-22,28H,16-19H2,1-3H3,(H,33,37)(H,35,36)/t21-,22-/m0/s1. The van der Waals surface area contributed by atoms with Gasteiger partial charge in [0.25, 0.3) is 0 Å². The summed E-state index contributed by atoms with van der Waals surface area (Å²) in [7, 11) is 0. The number of carboxylic acid groups (broad SMARTS) is 1. The van der Waals surface area contributed by atoms with E-state index in [2.05, 4.69) is 29.6 Å². The maximum atomic E-state index is 13.0. The summed E-state index contributed by atoms with van der Waals surface area (Å²) in [6, 6.07) is 21.6. The summed E-state index contributed by atoms with van der Waals surface area (Å²) in [5.74, 6) is -0.596. The van der Waals surface area contributed by atoms with Crippen molar-refractivity contribution in [1.82, 2.24) is 10.2 Å². The van der Waals surface area contributed by atoms with E-state index in [9.17, 15) is 14.4 Å². The first-order chi connectivity index (χ1) is 19.6. The van der Waals surface area contributed by atoms with E-state index < -0.39 is 23.8 Å². The molecule has 0 saturated carbocycles. The summed E-state index contributed by atoms with van der Waals surface area (Å²) < 4.78 is 17.2. The predicted octanol–water partition coefficient (Wildman–Crippen LogP) is 5.68. The van der Waals surface area contributed by atoms with E-state index in [1.807, 2.05) is 24.3 Å². The van der Waals surface area contributed by atoms with E-state index in [4.69, 9.17) is 19.3 Å². The number of amides is 2. The number of carbonyl (C=O) groups excluding carboxylic acids is 2. The van der Waals surface area contributed by atoms with Gasteiger partial charge in [0.2, 0.25) is 0 Å². The summed E-state index contributed by atoms with van der Waals surface area (Å²) in [5.41, 5.74) is 4.04. The minimum absolute atomic E-state index is 0.0522. The van der Waals surface area contributed by atoms with E-state index in [1.54, 1.807) is 37.8 Å². The molecule has 1 aliphatic heterocycles. The van der Waals surface area contributed by atoms with Gasteiger partial charge in [-0.05, 0) is 73.7 Å². The van der Waals surface area contributed by atoms with Gasteiger partial charge in [0.1, 0.15) is 24.6 Å². The Bertz CT molecular complexity index is 1380. The van der Waals surface area contributed by atoms with Crippen LogP contribution in [0.3, 0.4) is 0 Å². The van der Waals surface area contributed by atoms with Gasteiger partial charge in [0, 0.05) is 12.5 Å². The number of likely N-dealkylation sites (tertiary alicyclic amines) is 1. The van der Waals surface area contributed by atoms with Gasteiger partial charge in [-0.2, -0.15) is 0 Å². The fourth-order valence-electron chi connectivity index (χ4n) is 5.42. The summed E-state index contributed by atoms with van der Waals surface area (Å²) >= 11 is 0. The molecule has 1 heterocycles. The van der Waals surface area contributed by atoms with Crippen LogP contribution in [0.4, 0.5) is 9.59 Å². The van der Waals surface area contributed by atoms with Crippen LogP contribution < -0.4 is 10.1 Å². The number of carboxylic acids is 1. The SMILES string of the molecule is CC(C)(C)OC(=O)N1C[C@@H](NC(=O)OCC2c3ccccc3-c3ccccc32)C[C@H]1COc1ccc(C(=O)O)cc1. The Morgan fingerprint density at radius 1 is 0.902 bits per heavy atom. The fourth-order valence-corrected chi connectivity index (χ4v) is 5.42. The molecule has 3 aromatic carbocycles. The fraction of sp³-hybridized carbons (Fsp3) is 0.344. The molecule has 41 heavy (non-hydrogen) atoms. The Balaban J connectivity index is 1.21. The topological polar surface area (TPSA) is 114 Å². The third kappa shape index (κ3) is 6.45. The third-order valence-corrected chi connectivity index (χ3v) is 7.25. The molecule has 2 N–H and O–H groups in total. The summed E-state index contributed by atoms with van der Waals surface area (Å²) in [6.07, 6.45) is -0.604. The van der Waals surface area contributed by atoms with Gasteiger partial charge in [0.15, 0.2) is 0 Å². The van der Waals surface area contributed by atoms with Crippen LogP contribution in [0.15, 0.2) is 72.8 Å². The molecule has 9 heteroatoms. The zero-order valence-electron chi connectivity index (χ0n) is 23.3. The molecule has 2 aliphatic rings. The molecule has 9 nitrogen and oxygen atoms in total. The second-order valence-electron chi connectivity index (χ2n) is 11.3. The van der Waals surface area contributed by atoms with Crippen LogP contribution in [-0.4, -0.2) is 65.6 Å². The minimum atomic E-state index is -1.02. The van der Waals surface area contributed by atoms with Gasteiger partial charge in [-0.25, -0.2) is 14.4 Å². The van der Waals surface area contributed by atoms with Crippen molar-refractivity contribution in [3.8, 4) is 16.9 Å². The quantitative estimate of drug-likeness (QED) is 0.383. The molecule has 1 aliphatic carbocycles. The number of benzene rings is 3. The van der Waals surface area contributed by atoms with E-state index in [-0.39, 0.29) is 43.3 Å². The van der Waals surface area contributed by atoms with Gasteiger partial charge in [-0.3, -0.25) is 4.90 Å². The number of fused-ring (bicyclic) bond motifs is 3. The van der Waals surface area contributed by atoms with Crippen molar-refractivity contribution in [3.05, 3.63) is 89.5 Å². The second-order valence-corrected chi connectivity index (χ2v) is 11.3. The van der Waals surface area contributed by atoms with Crippen LogP contribution in [-0.2, 0) is 9.47 Å². The van der Waals surface area contributed by atoms with E-state index in [0.29, 0.717) is 12.2 Å². The monoisotopic (exact) mass is 558 g/mol. The van der Waals surface area contributed by atoms with Crippen LogP contribution in [0, 0.1) is 0 Å². The van der Waals surface area contributed by atoms with Gasteiger partial charge in [-0.1, -0.05) is 48.5 Å². The average molecular weight is 559 g/mol. The maximum Gasteiger partial charge on any atom is 0.410 e. The first-order valence-electron chi connectivity index (χ1n) is 13.7. The van der Waals surface area contributed by atoms with Crippen molar-refractivity contribution < 1.29 is 33.7 Å². The highest BCUT2D eigenvalue weighted by Gasteiger charge is 2.39. The van der Waals surface area contributed by atoms with Gasteiger partial charge in [-0.15, -0.1) is 0 Å². The number of carbonyl (C=O) groups is 3. The number of ether oxygens (including phenoxy) is 3. The third-order valence-electron chi connectivity index (χ3n) is 7.25. The van der Waals surface area contributed by atoms with Crippen molar-refractivity contribution in [1.29, 1.82) is 0 Å². The van der Waals surface area contributed by atoms with Crippen molar-refractivity contribution >= 4 is 18.2 Å². The molecular weight excluding hydrogens is 524 g/mol. The maximum absolute atomic E-state index is 13.0. The van der Waals surface area contributed by atoms with Crippen LogP contribution >= 0.6 is 0 Å². The highest BCUT2D eigenvalue weighted by atomic mass is 16.6. The largest absolute Gasteiger partial charge is 0.491 e. The molecule has 0 radical (unpaired) electrons. The van der Waals surface area contributed by atoms with Crippen LogP contribution in [0.2, 0.25) is 0 Å². The Hall–Kier alpha value is -4.53. The molecule has 0 spiro atoms. The number of rotatable bonds is 7. The number of alkyl carbamates (subject to hydrolysis) is 1. The first-order valence-corrected chi connectivity index (χ1v) is 13.7. The molecule has 2 amide bonds. The molecule has 1 fully saturated rings. The Labute approximate surface area is 239 Å². The zero-order valence-corrected chi connectivity index (χ0v) is 23.3. The number of hydrogen-bond donors (Lipinski definition) is 2. The molecule has 3 aromatic rings. The molecule has 0 aromatic heterocycles. The highest BCUT2D eigenvalue weighted by Crippen LogP contribution is 2.44. The Kier molecular flexibility index (Phi) is 7.88. The summed E-state index contributed by atoms with van der Waals surface area (Å²) in [6.45, 7) is 5.97. The molecular formula is C32H34N2O7. The lowest BCUT2D eigenvalue weighted by atomic mass is 9.98. The lowest BCUT2D eigenvalue weighted by Crippen LogP contribution is -2.43. The Morgan fingerprint density at radius 2 is 1.51 bits per heavy atom. The average Bonchev–Trinajstić information content (AvgIpc) is 3.49. The van der Waals surface area contributed by atoms with Crippen LogP contribution in [0.1, 0.15) is 54.6 Å². The molecule has 2 atom stereocenters. The van der Waals surface area contributed by atoms with Gasteiger partial charge < -0.3 is 24.6 Å². The zero-order chi connectivity index (χ0) is 29.1. The van der Waals surface area contributed by atoms with Crippen molar-refractivity contribution in [2.75, 3.05) is 19.8 Å². The number of nitrogens with one attached hydrogen (secondary N) is 1. The number of nitrogens with zero attached hydrogens (tertiary/aromatic N) is 1. The van der Waals surface area contributed by atoms with Gasteiger partial charge >= 0.3 is 18.2 Å². The van der Waals surface area contributed by atoms with Crippen molar-refractivity contribution in [2.45, 2.75) is 50.8 Å². The van der Waals surface area contributed by atoms with Crippen LogP contribution in [0.5, 0.6) is 5.75 Å². The molecule has 1 saturated heterocycles.